The van der Waals surface area contributed by atoms with Gasteiger partial charge in [0, 0.05) is 16.5 Å². The minimum atomic E-state index is -3.34. The summed E-state index contributed by atoms with van der Waals surface area (Å²) in [5.41, 5.74) is 2.53. The molecule has 166 valence electrons. The van der Waals surface area contributed by atoms with Crippen molar-refractivity contribution in [3.05, 3.63) is 55.5 Å². The van der Waals surface area contributed by atoms with Crippen molar-refractivity contribution in [2.75, 3.05) is 19.6 Å². The molecule has 1 N–H and O–H groups in total. The number of rotatable bonds is 10. The molecule has 9 heteroatoms. The van der Waals surface area contributed by atoms with Gasteiger partial charge in [-0.3, -0.25) is 4.57 Å². The van der Waals surface area contributed by atoms with Crippen LogP contribution in [0.1, 0.15) is 50.3 Å². The Morgan fingerprint density at radius 3 is 2.13 bits per heavy atom. The van der Waals surface area contributed by atoms with Crippen LogP contribution >= 0.6 is 46.7 Å². The van der Waals surface area contributed by atoms with Gasteiger partial charge in [0.05, 0.1) is 17.7 Å². The number of ether oxygens (including phenoxy) is 1. The van der Waals surface area contributed by atoms with Gasteiger partial charge in [0.25, 0.3) is 0 Å². The summed E-state index contributed by atoms with van der Waals surface area (Å²) in [5, 5.41) is 11.1. The highest BCUT2D eigenvalue weighted by atomic mass is 79.9. The zero-order valence-electron chi connectivity index (χ0n) is 17.4. The third-order valence-electron chi connectivity index (χ3n) is 4.31. The molecule has 0 amide bonds. The van der Waals surface area contributed by atoms with Crippen molar-refractivity contribution in [3.63, 3.8) is 0 Å². The Kier molecular flexibility index (Phi) is 9.54. The van der Waals surface area contributed by atoms with Gasteiger partial charge in [-0.2, -0.15) is 0 Å². The molecular formula is C21H26BrCl2O5P. The van der Waals surface area contributed by atoms with Gasteiger partial charge in [-0.25, -0.2) is 0 Å². The van der Waals surface area contributed by atoms with Crippen molar-refractivity contribution < 1.29 is 23.5 Å². The van der Waals surface area contributed by atoms with Crippen molar-refractivity contribution >= 4 is 46.7 Å². The molecule has 0 aliphatic carbocycles. The number of phenols is 1. The molecular weight excluding hydrogens is 514 g/mol. The normalized spacial score (nSPS) is 11.9. The molecule has 30 heavy (non-hydrogen) atoms. The number of halogens is 3. The number of phenolic OH excluding ortho intramolecular Hbond substituents is 1. The highest BCUT2D eigenvalue weighted by Gasteiger charge is 2.25. The second-order valence-electron chi connectivity index (χ2n) is 6.93. The van der Waals surface area contributed by atoms with E-state index in [0.717, 1.165) is 16.7 Å². The Labute approximate surface area is 196 Å². The van der Waals surface area contributed by atoms with Crippen LogP contribution < -0.4 is 4.74 Å². The third-order valence-corrected chi connectivity index (χ3v) is 7.34. The molecule has 0 aromatic heterocycles. The van der Waals surface area contributed by atoms with Crippen molar-refractivity contribution in [1.82, 2.24) is 0 Å². The summed E-state index contributed by atoms with van der Waals surface area (Å²) in [4.78, 5) is 0. The fourth-order valence-corrected chi connectivity index (χ4v) is 5.36. The van der Waals surface area contributed by atoms with E-state index >= 15 is 0 Å². The molecule has 0 fully saturated rings. The molecule has 2 aromatic rings. The molecule has 5 nitrogen and oxygen atoms in total. The second kappa shape index (κ2) is 11.2. The molecule has 0 heterocycles. The average molecular weight is 540 g/mol. The first-order chi connectivity index (χ1) is 14.1. The van der Waals surface area contributed by atoms with Crippen molar-refractivity contribution in [3.8, 4) is 11.5 Å². The molecule has 0 saturated carbocycles. The first kappa shape index (κ1) is 25.5. The van der Waals surface area contributed by atoms with Gasteiger partial charge in [-0.15, -0.1) is 0 Å². The maximum Gasteiger partial charge on any atom is 0.367 e. The van der Waals surface area contributed by atoms with E-state index in [-0.39, 0.29) is 31.2 Å². The van der Waals surface area contributed by atoms with Gasteiger partial charge in [-0.1, -0.05) is 43.1 Å². The summed E-state index contributed by atoms with van der Waals surface area (Å²) in [5.74, 6) is 0.778. The smallest absolute Gasteiger partial charge is 0.367 e. The zero-order chi connectivity index (χ0) is 22.5. The van der Waals surface area contributed by atoms with E-state index in [2.05, 4.69) is 15.9 Å². The minimum absolute atomic E-state index is 0.161. The lowest BCUT2D eigenvalue weighted by molar-refractivity contribution is 0.197. The number of hydrogen-bond acceptors (Lipinski definition) is 5. The second-order valence-corrected chi connectivity index (χ2v) is 10.6. The Bertz CT molecular complexity index is 903. The van der Waals surface area contributed by atoms with Crippen molar-refractivity contribution in [2.45, 2.75) is 40.0 Å². The quantitative estimate of drug-likeness (QED) is 0.312. The minimum Gasteiger partial charge on any atom is -0.506 e. The SMILES string of the molecule is CCOP(=O)(COc1cc(Cl)c(Cc2cc(Br)c(O)c(C(C)C)c2)c(Cl)c1)OCC. The van der Waals surface area contributed by atoms with Gasteiger partial charge in [0.2, 0.25) is 0 Å². The van der Waals surface area contributed by atoms with Crippen LogP contribution in [0.4, 0.5) is 0 Å². The lowest BCUT2D eigenvalue weighted by Gasteiger charge is -2.18. The van der Waals surface area contributed by atoms with E-state index in [1.165, 1.54) is 0 Å². The first-order valence-corrected chi connectivity index (χ1v) is 12.9. The van der Waals surface area contributed by atoms with Crippen LogP contribution in [0.15, 0.2) is 28.7 Å². The highest BCUT2D eigenvalue weighted by molar-refractivity contribution is 9.10. The summed E-state index contributed by atoms with van der Waals surface area (Å²) in [7, 11) is -3.34. The van der Waals surface area contributed by atoms with Crippen LogP contribution in [0.3, 0.4) is 0 Å². The average Bonchev–Trinajstić information content (AvgIpc) is 2.66. The van der Waals surface area contributed by atoms with Gasteiger partial charge in [-0.05, 0) is 70.6 Å². The van der Waals surface area contributed by atoms with E-state index in [9.17, 15) is 9.67 Å². The van der Waals surface area contributed by atoms with E-state index < -0.39 is 7.60 Å². The van der Waals surface area contributed by atoms with E-state index in [1.54, 1.807) is 26.0 Å². The summed E-state index contributed by atoms with van der Waals surface area (Å²) >= 11 is 16.4. The van der Waals surface area contributed by atoms with Crippen LogP contribution in [-0.4, -0.2) is 24.7 Å². The molecule has 2 aromatic carbocycles. The molecule has 0 aliphatic heterocycles. The largest absolute Gasteiger partial charge is 0.506 e. The Morgan fingerprint density at radius 2 is 1.63 bits per heavy atom. The molecule has 0 saturated heterocycles. The van der Waals surface area contributed by atoms with Gasteiger partial charge >= 0.3 is 7.60 Å². The Morgan fingerprint density at radius 1 is 1.07 bits per heavy atom. The van der Waals surface area contributed by atoms with Gasteiger partial charge < -0.3 is 18.9 Å². The molecule has 0 aliphatic rings. The lowest BCUT2D eigenvalue weighted by Crippen LogP contribution is -2.06. The standard InChI is InChI=1S/C21H26BrCl2O5P/c1-5-28-30(26,29-6-2)12-27-15-10-19(23)17(20(24)11-15)8-14-7-16(13(3)4)21(25)18(22)9-14/h7,9-11,13,25H,5-6,8,12H2,1-4H3. The molecule has 0 unspecified atom stereocenters. The van der Waals surface area contributed by atoms with E-state index in [4.69, 9.17) is 37.0 Å². The molecule has 0 bridgehead atoms. The van der Waals surface area contributed by atoms with Crippen LogP contribution in [-0.2, 0) is 20.0 Å². The number of hydrogen-bond donors (Lipinski definition) is 1. The monoisotopic (exact) mass is 538 g/mol. The molecule has 2 rings (SSSR count). The van der Waals surface area contributed by atoms with Crippen molar-refractivity contribution in [2.24, 2.45) is 0 Å². The Balaban J connectivity index is 2.24. The lowest BCUT2D eigenvalue weighted by atomic mass is 9.96. The van der Waals surface area contributed by atoms with Crippen LogP contribution in [0, 0.1) is 0 Å². The molecule has 0 radical (unpaired) electrons. The predicted molar refractivity (Wildman–Crippen MR) is 126 cm³/mol. The molecule has 0 atom stereocenters. The van der Waals surface area contributed by atoms with Gasteiger partial charge in [0.15, 0.2) is 6.35 Å². The first-order valence-electron chi connectivity index (χ1n) is 9.60. The Hall–Kier alpha value is -0.750. The highest BCUT2D eigenvalue weighted by Crippen LogP contribution is 2.48. The summed E-state index contributed by atoms with van der Waals surface area (Å²) in [6, 6.07) is 7.05. The van der Waals surface area contributed by atoms with Crippen molar-refractivity contribution in [1.29, 1.82) is 0 Å². The molecule has 0 spiro atoms. The zero-order valence-corrected chi connectivity index (χ0v) is 21.4. The summed E-state index contributed by atoms with van der Waals surface area (Å²) in [6.07, 6.45) is 0.246. The van der Waals surface area contributed by atoms with E-state index in [1.807, 2.05) is 26.0 Å². The van der Waals surface area contributed by atoms with Crippen LogP contribution in [0.25, 0.3) is 0 Å². The fraction of sp³-hybridized carbons (Fsp3) is 0.429. The third kappa shape index (κ3) is 6.62. The number of benzene rings is 2. The predicted octanol–water partition coefficient (Wildman–Crippen LogP) is 7.78. The maximum atomic E-state index is 12.6. The van der Waals surface area contributed by atoms with Gasteiger partial charge in [0.1, 0.15) is 11.5 Å². The van der Waals surface area contributed by atoms with Crippen LogP contribution in [0.2, 0.25) is 10.0 Å². The number of aromatic hydroxyl groups is 1. The fourth-order valence-electron chi connectivity index (χ4n) is 2.92. The summed E-state index contributed by atoms with van der Waals surface area (Å²) in [6.45, 7) is 8.01. The van der Waals surface area contributed by atoms with Crippen LogP contribution in [0.5, 0.6) is 11.5 Å². The topological polar surface area (TPSA) is 65.0 Å². The van der Waals surface area contributed by atoms with E-state index in [0.29, 0.717) is 26.7 Å². The summed E-state index contributed by atoms with van der Waals surface area (Å²) < 4.78 is 29.2. The maximum absolute atomic E-state index is 12.6.